The first-order chi connectivity index (χ1) is 15.6. The quantitative estimate of drug-likeness (QED) is 0.200. The Kier molecular flexibility index (Phi) is 6.00. The molecule has 0 aliphatic rings. The van der Waals surface area contributed by atoms with E-state index in [0.29, 0.717) is 22.2 Å². The summed E-state index contributed by atoms with van der Waals surface area (Å²) in [6, 6.07) is 21.9. The van der Waals surface area contributed by atoms with E-state index in [1.54, 1.807) is 18.0 Å². The Bertz CT molecular complexity index is 1460. The second-order valence-electron chi connectivity index (χ2n) is 7.64. The predicted molar refractivity (Wildman–Crippen MR) is 135 cm³/mol. The Labute approximate surface area is 198 Å². The Hall–Kier alpha value is -2.67. The lowest BCUT2D eigenvalue weighted by atomic mass is 10.0. The Morgan fingerprint density at radius 2 is 1.84 bits per heavy atom. The number of rotatable bonds is 6. The lowest BCUT2D eigenvalue weighted by molar-refractivity contribution is 0.532. The molecule has 4 nitrogen and oxygen atoms in total. The standard InChI is InChI=1S/C25H20ClN3OS2/c1-16(17-8-3-2-4-9-17)14-29-24(30)22-21(19-11-7-13-27-23(19)32-22)28-25(29)31-15-18-10-5-6-12-20(18)26/h2-13,16H,14-15H2,1H3/t16-/m0/s1. The molecule has 0 radical (unpaired) electrons. The summed E-state index contributed by atoms with van der Waals surface area (Å²) in [6.45, 7) is 2.69. The first-order valence-electron chi connectivity index (χ1n) is 10.3. The number of aromatic nitrogens is 3. The van der Waals surface area contributed by atoms with E-state index in [4.69, 9.17) is 16.6 Å². The molecule has 0 saturated heterocycles. The van der Waals surface area contributed by atoms with Gasteiger partial charge in [0.25, 0.3) is 5.56 Å². The maximum absolute atomic E-state index is 13.6. The fraction of sp³-hybridized carbons (Fsp3) is 0.160. The summed E-state index contributed by atoms with van der Waals surface area (Å²) in [6.07, 6.45) is 1.75. The maximum Gasteiger partial charge on any atom is 0.272 e. The van der Waals surface area contributed by atoms with Crippen LogP contribution in [0.2, 0.25) is 5.02 Å². The highest BCUT2D eigenvalue weighted by molar-refractivity contribution is 7.98. The first kappa shape index (κ1) is 21.2. The molecular weight excluding hydrogens is 458 g/mol. The van der Waals surface area contributed by atoms with Gasteiger partial charge in [-0.1, -0.05) is 78.8 Å². The molecule has 2 aromatic carbocycles. The smallest absolute Gasteiger partial charge is 0.272 e. The minimum atomic E-state index is -0.0116. The van der Waals surface area contributed by atoms with E-state index in [1.165, 1.54) is 16.9 Å². The third-order valence-electron chi connectivity index (χ3n) is 5.46. The van der Waals surface area contributed by atoms with Crippen LogP contribution in [-0.4, -0.2) is 14.5 Å². The van der Waals surface area contributed by atoms with Gasteiger partial charge in [0.1, 0.15) is 9.53 Å². The number of benzene rings is 2. The summed E-state index contributed by atoms with van der Waals surface area (Å²) in [4.78, 5) is 23.9. The Morgan fingerprint density at radius 1 is 1.06 bits per heavy atom. The van der Waals surface area contributed by atoms with E-state index in [2.05, 4.69) is 24.0 Å². The van der Waals surface area contributed by atoms with Gasteiger partial charge in [-0.05, 0) is 35.2 Å². The van der Waals surface area contributed by atoms with Crippen molar-refractivity contribution in [3.63, 3.8) is 0 Å². The van der Waals surface area contributed by atoms with Crippen LogP contribution in [0.3, 0.4) is 0 Å². The number of thioether (sulfide) groups is 1. The third-order valence-corrected chi connectivity index (χ3v) is 7.94. The molecule has 0 amide bonds. The Morgan fingerprint density at radius 3 is 2.66 bits per heavy atom. The molecule has 0 bridgehead atoms. The minimum absolute atomic E-state index is 0.0116. The second kappa shape index (κ2) is 9.06. The average molecular weight is 478 g/mol. The summed E-state index contributed by atoms with van der Waals surface area (Å²) >= 11 is 9.33. The summed E-state index contributed by atoms with van der Waals surface area (Å²) in [7, 11) is 0. The minimum Gasteiger partial charge on any atom is -0.286 e. The number of pyridine rings is 1. The molecule has 5 aromatic rings. The molecule has 0 aliphatic heterocycles. The molecule has 0 unspecified atom stereocenters. The highest BCUT2D eigenvalue weighted by atomic mass is 35.5. The fourth-order valence-electron chi connectivity index (χ4n) is 3.73. The molecular formula is C25H20ClN3OS2. The van der Waals surface area contributed by atoms with Crippen LogP contribution in [0.15, 0.2) is 82.9 Å². The van der Waals surface area contributed by atoms with Crippen LogP contribution in [0.5, 0.6) is 0 Å². The molecule has 0 aliphatic carbocycles. The van der Waals surface area contributed by atoms with Gasteiger partial charge in [-0.3, -0.25) is 9.36 Å². The molecule has 160 valence electrons. The van der Waals surface area contributed by atoms with E-state index in [0.717, 1.165) is 26.3 Å². The molecule has 0 N–H and O–H groups in total. The van der Waals surface area contributed by atoms with Gasteiger partial charge in [0.15, 0.2) is 5.16 Å². The predicted octanol–water partition coefficient (Wildman–Crippen LogP) is 6.76. The van der Waals surface area contributed by atoms with Crippen molar-refractivity contribution in [3.05, 3.63) is 99.4 Å². The molecule has 1 atom stereocenters. The van der Waals surface area contributed by atoms with E-state index >= 15 is 0 Å². The molecule has 5 rings (SSSR count). The van der Waals surface area contributed by atoms with Crippen molar-refractivity contribution >= 4 is 55.1 Å². The van der Waals surface area contributed by atoms with Crippen LogP contribution in [0.25, 0.3) is 20.4 Å². The molecule has 3 aromatic heterocycles. The molecule has 0 spiro atoms. The fourth-order valence-corrected chi connectivity index (χ4v) is 6.05. The summed E-state index contributed by atoms with van der Waals surface area (Å²) in [5.74, 6) is 0.804. The number of hydrogen-bond donors (Lipinski definition) is 0. The van der Waals surface area contributed by atoms with Gasteiger partial charge < -0.3 is 0 Å². The number of halogens is 1. The zero-order valence-corrected chi connectivity index (χ0v) is 19.8. The molecule has 7 heteroatoms. The number of hydrogen-bond acceptors (Lipinski definition) is 5. The van der Waals surface area contributed by atoms with Crippen LogP contribution in [0.4, 0.5) is 0 Å². The van der Waals surface area contributed by atoms with Crippen LogP contribution in [0.1, 0.15) is 24.0 Å². The summed E-state index contributed by atoms with van der Waals surface area (Å²) in [5.41, 5.74) is 2.93. The van der Waals surface area contributed by atoms with Gasteiger partial charge in [0.2, 0.25) is 0 Å². The number of nitrogens with zero attached hydrogens (tertiary/aromatic N) is 3. The van der Waals surface area contributed by atoms with Gasteiger partial charge >= 0.3 is 0 Å². The van der Waals surface area contributed by atoms with Gasteiger partial charge in [-0.25, -0.2) is 9.97 Å². The molecule has 32 heavy (non-hydrogen) atoms. The largest absolute Gasteiger partial charge is 0.286 e. The molecule has 0 fully saturated rings. The van der Waals surface area contributed by atoms with E-state index in [-0.39, 0.29) is 11.5 Å². The van der Waals surface area contributed by atoms with E-state index < -0.39 is 0 Å². The zero-order valence-electron chi connectivity index (χ0n) is 17.4. The van der Waals surface area contributed by atoms with Crippen LogP contribution >= 0.6 is 34.7 Å². The van der Waals surface area contributed by atoms with Crippen LogP contribution in [0, 0.1) is 0 Å². The van der Waals surface area contributed by atoms with Gasteiger partial charge in [-0.15, -0.1) is 11.3 Å². The highest BCUT2D eigenvalue weighted by Crippen LogP contribution is 2.32. The van der Waals surface area contributed by atoms with E-state index in [1.807, 2.05) is 59.2 Å². The van der Waals surface area contributed by atoms with Crippen LogP contribution < -0.4 is 5.56 Å². The van der Waals surface area contributed by atoms with E-state index in [9.17, 15) is 4.79 Å². The lowest BCUT2D eigenvalue weighted by Gasteiger charge is -2.17. The maximum atomic E-state index is 13.6. The second-order valence-corrected chi connectivity index (χ2v) is 9.99. The highest BCUT2D eigenvalue weighted by Gasteiger charge is 2.19. The summed E-state index contributed by atoms with van der Waals surface area (Å²) in [5, 5.41) is 2.35. The van der Waals surface area contributed by atoms with Crippen molar-refractivity contribution in [3.8, 4) is 0 Å². The van der Waals surface area contributed by atoms with Crippen molar-refractivity contribution in [1.82, 2.24) is 14.5 Å². The third kappa shape index (κ3) is 4.06. The van der Waals surface area contributed by atoms with Crippen molar-refractivity contribution in [1.29, 1.82) is 0 Å². The molecule has 0 saturated carbocycles. The van der Waals surface area contributed by atoms with Crippen molar-refractivity contribution in [2.75, 3.05) is 0 Å². The van der Waals surface area contributed by atoms with Crippen LogP contribution in [-0.2, 0) is 12.3 Å². The SMILES string of the molecule is C[C@@H](Cn1c(SCc2ccccc2Cl)nc2c(sc3ncccc32)c1=O)c1ccccc1. The monoisotopic (exact) mass is 477 g/mol. The van der Waals surface area contributed by atoms with Crippen molar-refractivity contribution < 1.29 is 0 Å². The van der Waals surface area contributed by atoms with Gasteiger partial charge in [0.05, 0.1) is 5.52 Å². The van der Waals surface area contributed by atoms with Crippen molar-refractivity contribution in [2.24, 2.45) is 0 Å². The van der Waals surface area contributed by atoms with Crippen molar-refractivity contribution in [2.45, 2.75) is 30.3 Å². The first-order valence-corrected chi connectivity index (χ1v) is 12.5. The summed E-state index contributed by atoms with van der Waals surface area (Å²) < 4.78 is 2.47. The normalized spacial score (nSPS) is 12.4. The molecule has 3 heterocycles. The Balaban J connectivity index is 1.61. The zero-order chi connectivity index (χ0) is 22.1. The lowest BCUT2D eigenvalue weighted by Crippen LogP contribution is -2.25. The number of fused-ring (bicyclic) bond motifs is 3. The van der Waals surface area contributed by atoms with Gasteiger partial charge in [-0.2, -0.15) is 0 Å². The number of thiophene rings is 1. The van der Waals surface area contributed by atoms with Gasteiger partial charge in [0, 0.05) is 28.9 Å². The topological polar surface area (TPSA) is 47.8 Å². The average Bonchev–Trinajstić information content (AvgIpc) is 3.20.